The van der Waals surface area contributed by atoms with Crippen molar-refractivity contribution >= 4 is 39.0 Å². The van der Waals surface area contributed by atoms with Crippen LogP contribution >= 0.6 is 0 Å². The summed E-state index contributed by atoms with van der Waals surface area (Å²) in [4.78, 5) is 22.9. The lowest BCUT2D eigenvalue weighted by atomic mass is 10.0. The Bertz CT molecular complexity index is 1130. The number of rotatable bonds is 2. The van der Waals surface area contributed by atoms with Crippen LogP contribution in [0.1, 0.15) is 20.7 Å². The molecule has 23 heavy (non-hydrogen) atoms. The molecule has 4 rings (SSSR count). The lowest BCUT2D eigenvalue weighted by molar-refractivity contribution is 0.0654. The summed E-state index contributed by atoms with van der Waals surface area (Å²) in [6.45, 7) is 0. The lowest BCUT2D eigenvalue weighted by Gasteiger charge is -2.05. The second kappa shape index (κ2) is 4.54. The van der Waals surface area contributed by atoms with Gasteiger partial charge in [-0.2, -0.15) is 5.10 Å². The van der Waals surface area contributed by atoms with Crippen LogP contribution in [0.3, 0.4) is 0 Å². The minimum atomic E-state index is -1.29. The first-order chi connectivity index (χ1) is 11.1. The minimum Gasteiger partial charge on any atom is -0.478 e. The molecule has 0 spiro atoms. The summed E-state index contributed by atoms with van der Waals surface area (Å²) in [7, 11) is 0. The Balaban J connectivity index is 2.24. The molecule has 0 aliphatic rings. The van der Waals surface area contributed by atoms with Crippen molar-refractivity contribution in [3.63, 3.8) is 0 Å². The van der Waals surface area contributed by atoms with E-state index in [4.69, 9.17) is 0 Å². The van der Waals surface area contributed by atoms with Gasteiger partial charge in [0.05, 0.1) is 17.3 Å². The molecule has 2 aromatic heterocycles. The van der Waals surface area contributed by atoms with Crippen molar-refractivity contribution in [1.82, 2.24) is 9.61 Å². The molecule has 2 aromatic carbocycles. The highest BCUT2D eigenvalue weighted by Crippen LogP contribution is 2.29. The van der Waals surface area contributed by atoms with E-state index in [1.807, 2.05) is 36.4 Å². The normalized spacial score (nSPS) is 11.3. The van der Waals surface area contributed by atoms with Crippen molar-refractivity contribution in [1.29, 1.82) is 0 Å². The van der Waals surface area contributed by atoms with Gasteiger partial charge in [0.15, 0.2) is 0 Å². The van der Waals surface area contributed by atoms with Crippen molar-refractivity contribution in [3.05, 3.63) is 59.9 Å². The molecule has 4 aromatic rings. The number of carboxylic acid groups (broad SMARTS) is 2. The largest absolute Gasteiger partial charge is 0.478 e. The second-order valence-corrected chi connectivity index (χ2v) is 5.25. The van der Waals surface area contributed by atoms with Gasteiger partial charge in [-0.25, -0.2) is 14.1 Å². The van der Waals surface area contributed by atoms with Crippen LogP contribution in [0.25, 0.3) is 27.1 Å². The zero-order chi connectivity index (χ0) is 16.1. The van der Waals surface area contributed by atoms with Gasteiger partial charge in [0.1, 0.15) is 5.56 Å². The van der Waals surface area contributed by atoms with E-state index in [9.17, 15) is 19.8 Å². The van der Waals surface area contributed by atoms with Crippen LogP contribution in [0.4, 0.5) is 0 Å². The Morgan fingerprint density at radius 1 is 0.957 bits per heavy atom. The van der Waals surface area contributed by atoms with E-state index in [2.05, 4.69) is 5.10 Å². The minimum absolute atomic E-state index is 0.245. The first-order valence-electron chi connectivity index (χ1n) is 6.85. The fourth-order valence-electron chi connectivity index (χ4n) is 2.92. The van der Waals surface area contributed by atoms with Gasteiger partial charge in [0.2, 0.25) is 0 Å². The fourth-order valence-corrected chi connectivity index (χ4v) is 2.92. The number of fused-ring (bicyclic) bond motifs is 4. The predicted molar refractivity (Wildman–Crippen MR) is 84.1 cm³/mol. The van der Waals surface area contributed by atoms with Gasteiger partial charge < -0.3 is 10.2 Å². The Morgan fingerprint density at radius 3 is 2.30 bits per heavy atom. The number of hydrogen-bond donors (Lipinski definition) is 2. The number of aromatic nitrogens is 2. The topological polar surface area (TPSA) is 91.9 Å². The number of nitrogens with zero attached hydrogens (tertiary/aromatic N) is 2. The van der Waals surface area contributed by atoms with Crippen LogP contribution in [0, 0.1) is 0 Å². The quantitative estimate of drug-likeness (QED) is 0.555. The maximum Gasteiger partial charge on any atom is 0.338 e. The molecule has 0 atom stereocenters. The molecular weight excluding hydrogens is 296 g/mol. The molecule has 0 bridgehead atoms. The molecule has 0 aliphatic heterocycles. The standard InChI is InChI=1S/C17H10N2O4/c20-16(21)13-8-19-15(14(13)17(22)23)12-6-10-4-2-1-3-9(10)5-11(12)7-18-19/h1-8H,(H,20,21)(H,22,23). The molecule has 0 unspecified atom stereocenters. The molecule has 112 valence electrons. The first kappa shape index (κ1) is 13.3. The van der Waals surface area contributed by atoms with Crippen molar-refractivity contribution in [3.8, 4) is 0 Å². The van der Waals surface area contributed by atoms with Gasteiger partial charge in [-0.1, -0.05) is 24.3 Å². The summed E-state index contributed by atoms with van der Waals surface area (Å²) < 4.78 is 1.31. The van der Waals surface area contributed by atoms with Crippen LogP contribution in [0.15, 0.2) is 48.8 Å². The van der Waals surface area contributed by atoms with E-state index in [0.717, 1.165) is 16.2 Å². The van der Waals surface area contributed by atoms with Crippen LogP contribution in [0.5, 0.6) is 0 Å². The molecule has 0 aliphatic carbocycles. The Labute approximate surface area is 129 Å². The predicted octanol–water partition coefficient (Wildman–Crippen LogP) is 3.04. The maximum atomic E-state index is 11.6. The second-order valence-electron chi connectivity index (χ2n) is 5.25. The smallest absolute Gasteiger partial charge is 0.338 e. The van der Waals surface area contributed by atoms with E-state index in [1.165, 1.54) is 10.7 Å². The highest BCUT2D eigenvalue weighted by molar-refractivity contribution is 6.15. The summed E-state index contributed by atoms with van der Waals surface area (Å²) in [6, 6.07) is 11.5. The first-order valence-corrected chi connectivity index (χ1v) is 6.85. The highest BCUT2D eigenvalue weighted by Gasteiger charge is 2.24. The molecular formula is C17H10N2O4. The number of benzene rings is 2. The Kier molecular flexibility index (Phi) is 2.62. The summed E-state index contributed by atoms with van der Waals surface area (Å²) in [5.41, 5.74) is -0.227. The molecule has 6 heteroatoms. The van der Waals surface area contributed by atoms with Gasteiger partial charge in [-0.3, -0.25) is 0 Å². The third kappa shape index (κ3) is 1.85. The van der Waals surface area contributed by atoms with E-state index < -0.39 is 11.9 Å². The highest BCUT2D eigenvalue weighted by atomic mass is 16.4. The molecule has 0 radical (unpaired) electrons. The summed E-state index contributed by atoms with van der Waals surface area (Å²) in [5.74, 6) is -2.57. The van der Waals surface area contributed by atoms with Crippen molar-refractivity contribution in [2.75, 3.05) is 0 Å². The van der Waals surface area contributed by atoms with Gasteiger partial charge in [-0.05, 0) is 22.9 Å². The third-order valence-corrected chi connectivity index (χ3v) is 3.93. The lowest BCUT2D eigenvalue weighted by Crippen LogP contribution is -2.05. The number of aromatic carboxylic acids is 2. The summed E-state index contributed by atoms with van der Waals surface area (Å²) in [5, 5.41) is 26.2. The van der Waals surface area contributed by atoms with Crippen molar-refractivity contribution in [2.45, 2.75) is 0 Å². The molecule has 2 N–H and O–H groups in total. The van der Waals surface area contributed by atoms with E-state index in [0.29, 0.717) is 5.39 Å². The number of carboxylic acids is 2. The van der Waals surface area contributed by atoms with Crippen LogP contribution in [0.2, 0.25) is 0 Å². The molecule has 0 amide bonds. The fraction of sp³-hybridized carbons (Fsp3) is 0. The number of carbonyl (C=O) groups is 2. The molecule has 0 fully saturated rings. The van der Waals surface area contributed by atoms with Gasteiger partial charge in [-0.15, -0.1) is 0 Å². The Hall–Kier alpha value is -3.41. The SMILES string of the molecule is O=C(O)c1cn2ncc3cc4ccccc4cc3c2c1C(=O)O. The zero-order valence-electron chi connectivity index (χ0n) is 11.7. The van der Waals surface area contributed by atoms with E-state index in [-0.39, 0.29) is 16.6 Å². The van der Waals surface area contributed by atoms with Crippen molar-refractivity contribution in [2.24, 2.45) is 0 Å². The van der Waals surface area contributed by atoms with Crippen LogP contribution in [-0.2, 0) is 0 Å². The Morgan fingerprint density at radius 2 is 1.65 bits per heavy atom. The molecule has 6 nitrogen and oxygen atoms in total. The molecule has 0 saturated carbocycles. The molecule has 2 heterocycles. The van der Waals surface area contributed by atoms with Crippen molar-refractivity contribution < 1.29 is 19.8 Å². The van der Waals surface area contributed by atoms with Gasteiger partial charge in [0.25, 0.3) is 0 Å². The maximum absolute atomic E-state index is 11.6. The third-order valence-electron chi connectivity index (χ3n) is 3.93. The summed E-state index contributed by atoms with van der Waals surface area (Å²) in [6.07, 6.45) is 2.84. The van der Waals surface area contributed by atoms with Gasteiger partial charge in [0, 0.05) is 17.0 Å². The molecule has 0 saturated heterocycles. The zero-order valence-corrected chi connectivity index (χ0v) is 11.7. The number of hydrogen-bond acceptors (Lipinski definition) is 3. The summed E-state index contributed by atoms with van der Waals surface area (Å²) >= 11 is 0. The van der Waals surface area contributed by atoms with Crippen LogP contribution in [-0.4, -0.2) is 31.8 Å². The monoisotopic (exact) mass is 306 g/mol. The average molecular weight is 306 g/mol. The van der Waals surface area contributed by atoms with E-state index >= 15 is 0 Å². The van der Waals surface area contributed by atoms with Crippen LogP contribution < -0.4 is 0 Å². The van der Waals surface area contributed by atoms with Gasteiger partial charge >= 0.3 is 11.9 Å². The average Bonchev–Trinajstić information content (AvgIpc) is 2.93. The van der Waals surface area contributed by atoms with E-state index in [1.54, 1.807) is 6.20 Å².